The molecule has 5 aliphatic rings. The van der Waals surface area contributed by atoms with Gasteiger partial charge in [0.05, 0.1) is 29.5 Å². The van der Waals surface area contributed by atoms with Crippen LogP contribution < -0.4 is 0 Å². The summed E-state index contributed by atoms with van der Waals surface area (Å²) in [5.41, 5.74) is -0.682. The SMILES string of the molecule is O=[N+]([O-])c1cc2c(cc1Br)[C@@]1(Cl)[C@@](Cl)([C@]3(Cl)[C@@]2(Cl)[C@@]2(Cl)O[C@@]3(Cl)C(Cl)=C2Cl)[C@@]2(Cl)O[C@@]1(Cl)C(Cl)=C2Cl. The Kier molecular flexibility index (Phi) is 5.70. The molecule has 1 aliphatic carbocycles. The lowest BCUT2D eigenvalue weighted by atomic mass is 9.55. The number of halogens is 13. The molecule has 18 heteroatoms. The maximum Gasteiger partial charge on any atom is 0.283 e. The lowest BCUT2D eigenvalue weighted by Crippen LogP contribution is -2.80. The molecule has 4 heterocycles. The standard InChI is InChI=1S/C18H2BrCl12NO4/c19-5-1-3-4(2-6(5)32(33)34)12(25)14(27)8(21)10(23)16(29,36-14)18(12,31)17(30)11(3,24)13(26)7(20)9(22)15(17,28)35-13/h1-2H/t11-,12-,13-,14-,15-,16-,17-,18-/m0/s1. The first-order valence-electron chi connectivity index (χ1n) is 9.27. The van der Waals surface area contributed by atoms with Crippen LogP contribution in [0.1, 0.15) is 11.1 Å². The van der Waals surface area contributed by atoms with Crippen molar-refractivity contribution < 1.29 is 14.4 Å². The molecule has 1 aromatic carbocycles. The van der Waals surface area contributed by atoms with E-state index in [1.54, 1.807) is 0 Å². The van der Waals surface area contributed by atoms with Crippen molar-refractivity contribution in [2.75, 3.05) is 0 Å². The minimum atomic E-state index is -2.53. The molecule has 1 aromatic rings. The Balaban J connectivity index is 1.91. The molecule has 8 atom stereocenters. The molecular weight excluding hydrogens is 800 g/mol. The molecule has 4 bridgehead atoms. The van der Waals surface area contributed by atoms with E-state index in [1.165, 1.54) is 6.07 Å². The fourth-order valence-electron chi connectivity index (χ4n) is 5.81. The van der Waals surface area contributed by atoms with E-state index in [9.17, 15) is 10.1 Å². The van der Waals surface area contributed by atoms with Gasteiger partial charge >= 0.3 is 0 Å². The van der Waals surface area contributed by atoms with Crippen LogP contribution in [-0.2, 0) is 19.2 Å². The van der Waals surface area contributed by atoms with Crippen LogP contribution in [0, 0.1) is 10.1 Å². The first kappa shape index (κ1) is 28.1. The van der Waals surface area contributed by atoms with Crippen LogP contribution in [-0.4, -0.2) is 34.9 Å². The molecule has 0 N–H and O–H groups in total. The fourth-order valence-corrected chi connectivity index (χ4v) is 12.7. The van der Waals surface area contributed by atoms with Crippen LogP contribution in [0.15, 0.2) is 36.7 Å². The first-order chi connectivity index (χ1) is 16.2. The van der Waals surface area contributed by atoms with Gasteiger partial charge in [0.15, 0.2) is 0 Å². The number of benzene rings is 1. The van der Waals surface area contributed by atoms with Gasteiger partial charge in [-0.1, -0.05) is 92.8 Å². The fraction of sp³-hybridized carbons (Fsp3) is 0.444. The second-order valence-electron chi connectivity index (χ2n) is 8.58. The summed E-state index contributed by atoms with van der Waals surface area (Å²) >= 11 is 86.4. The molecule has 0 amide bonds. The van der Waals surface area contributed by atoms with E-state index in [0.717, 1.165) is 6.07 Å². The summed E-state index contributed by atoms with van der Waals surface area (Å²) in [6.45, 7) is 0. The van der Waals surface area contributed by atoms with Gasteiger partial charge in [-0.2, -0.15) is 0 Å². The normalized spacial score (nSPS) is 52.1. The van der Waals surface area contributed by atoms with E-state index in [1.807, 2.05) is 0 Å². The molecule has 4 aliphatic heterocycles. The summed E-state index contributed by atoms with van der Waals surface area (Å²) in [5, 5.41) is 1.03. The number of nitrogens with zero attached hydrogens (tertiary/aromatic N) is 1. The highest BCUT2D eigenvalue weighted by Crippen LogP contribution is 2.90. The van der Waals surface area contributed by atoms with Gasteiger partial charge in [0.25, 0.3) is 5.69 Å². The highest BCUT2D eigenvalue weighted by molar-refractivity contribution is 9.10. The Morgan fingerprint density at radius 2 is 1.00 bits per heavy atom. The van der Waals surface area contributed by atoms with Crippen molar-refractivity contribution in [1.29, 1.82) is 0 Å². The molecule has 0 spiro atoms. The second-order valence-corrected chi connectivity index (χ2v) is 15.3. The Morgan fingerprint density at radius 3 is 1.36 bits per heavy atom. The largest absolute Gasteiger partial charge is 0.323 e. The lowest BCUT2D eigenvalue weighted by molar-refractivity contribution is -0.385. The number of rotatable bonds is 1. The summed E-state index contributed by atoms with van der Waals surface area (Å²) in [7, 11) is 0. The minimum Gasteiger partial charge on any atom is -0.323 e. The van der Waals surface area contributed by atoms with E-state index in [2.05, 4.69) is 15.9 Å². The highest BCUT2D eigenvalue weighted by atomic mass is 79.9. The van der Waals surface area contributed by atoms with Crippen molar-refractivity contribution in [1.82, 2.24) is 0 Å². The first-order valence-corrected chi connectivity index (χ1v) is 14.6. The highest BCUT2D eigenvalue weighted by Gasteiger charge is 3.02. The van der Waals surface area contributed by atoms with Gasteiger partial charge in [0.1, 0.15) is 19.5 Å². The van der Waals surface area contributed by atoms with Gasteiger partial charge in [-0.05, 0) is 33.1 Å². The molecule has 2 saturated heterocycles. The van der Waals surface area contributed by atoms with Gasteiger partial charge in [-0.15, -0.1) is 46.4 Å². The van der Waals surface area contributed by atoms with Crippen molar-refractivity contribution in [2.24, 2.45) is 0 Å². The molecular formula is C18H2BrCl12NO4. The minimum absolute atomic E-state index is 0.0431. The topological polar surface area (TPSA) is 61.6 Å². The van der Waals surface area contributed by atoms with E-state index in [-0.39, 0.29) is 35.7 Å². The van der Waals surface area contributed by atoms with Gasteiger partial charge in [0, 0.05) is 6.07 Å². The number of nitro groups is 1. The zero-order valence-electron chi connectivity index (χ0n) is 16.1. The summed E-state index contributed by atoms with van der Waals surface area (Å²) < 4.78 is 11.8. The zero-order valence-corrected chi connectivity index (χ0v) is 26.8. The number of nitro benzene ring substituents is 1. The molecule has 2 fully saturated rings. The smallest absolute Gasteiger partial charge is 0.283 e. The Labute approximate surface area is 270 Å². The number of alkyl halides is 8. The Morgan fingerprint density at radius 1 is 0.667 bits per heavy atom. The van der Waals surface area contributed by atoms with Crippen LogP contribution in [0.4, 0.5) is 5.69 Å². The zero-order chi connectivity index (χ0) is 27.0. The second kappa shape index (κ2) is 7.30. The van der Waals surface area contributed by atoms with Crippen LogP contribution in [0.5, 0.6) is 0 Å². The van der Waals surface area contributed by atoms with Crippen molar-refractivity contribution in [3.63, 3.8) is 0 Å². The van der Waals surface area contributed by atoms with Gasteiger partial charge in [-0.25, -0.2) is 0 Å². The van der Waals surface area contributed by atoms with E-state index < -0.39 is 50.3 Å². The Hall–Kier alpha value is 1.98. The van der Waals surface area contributed by atoms with Crippen molar-refractivity contribution in [3.05, 3.63) is 58.0 Å². The average molecular weight is 802 g/mol. The molecule has 36 heavy (non-hydrogen) atoms. The molecule has 0 radical (unpaired) electrons. The lowest BCUT2D eigenvalue weighted by Gasteiger charge is -2.64. The molecule has 6 rings (SSSR count). The van der Waals surface area contributed by atoms with Gasteiger partial charge < -0.3 is 9.47 Å². The number of hydrogen-bond donors (Lipinski definition) is 0. The summed E-state index contributed by atoms with van der Waals surface area (Å²) in [6, 6.07) is 2.31. The quantitative estimate of drug-likeness (QED) is 0.161. The number of hydrogen-bond acceptors (Lipinski definition) is 4. The maximum absolute atomic E-state index is 11.9. The summed E-state index contributed by atoms with van der Waals surface area (Å²) in [5.74, 6) is 0. The molecule has 0 aromatic heterocycles. The van der Waals surface area contributed by atoms with Crippen LogP contribution in [0.3, 0.4) is 0 Å². The van der Waals surface area contributed by atoms with Crippen LogP contribution in [0.25, 0.3) is 0 Å². The molecule has 0 saturated carbocycles. The summed E-state index contributed by atoms with van der Waals surface area (Å²) in [4.78, 5) is 1.56. The van der Waals surface area contributed by atoms with E-state index >= 15 is 0 Å². The average Bonchev–Trinajstić information content (AvgIpc) is 3.24. The van der Waals surface area contributed by atoms with Crippen molar-refractivity contribution >= 4 is 161 Å². The van der Waals surface area contributed by atoms with Crippen LogP contribution >= 0.6 is 155 Å². The van der Waals surface area contributed by atoms with Crippen molar-refractivity contribution in [2.45, 2.75) is 39.7 Å². The van der Waals surface area contributed by atoms with E-state index in [0.29, 0.717) is 0 Å². The molecule has 0 unspecified atom stereocenters. The molecule has 194 valence electrons. The predicted molar refractivity (Wildman–Crippen MR) is 147 cm³/mol. The summed E-state index contributed by atoms with van der Waals surface area (Å²) in [6.07, 6.45) is 0. The van der Waals surface area contributed by atoms with Crippen LogP contribution in [0.2, 0.25) is 0 Å². The number of ether oxygens (including phenoxy) is 2. The van der Waals surface area contributed by atoms with Gasteiger partial charge in [-0.3, -0.25) is 10.1 Å². The molecule has 5 nitrogen and oxygen atoms in total. The Bertz CT molecular complexity index is 1440. The number of fused-ring (bicyclic) bond motifs is 14. The maximum atomic E-state index is 11.9. The predicted octanol–water partition coefficient (Wildman–Crippen LogP) is 9.40. The van der Waals surface area contributed by atoms with Crippen molar-refractivity contribution in [3.8, 4) is 0 Å². The third-order valence-electron chi connectivity index (χ3n) is 7.30. The monoisotopic (exact) mass is 795 g/mol. The van der Waals surface area contributed by atoms with E-state index in [4.69, 9.17) is 149 Å². The third-order valence-corrected chi connectivity index (χ3v) is 16.4. The van der Waals surface area contributed by atoms with Gasteiger partial charge in [0.2, 0.25) is 20.2 Å². The third kappa shape index (κ3) is 2.22.